The average Bonchev–Trinajstić information content (AvgIpc) is 2.83. The predicted molar refractivity (Wildman–Crippen MR) is 92.5 cm³/mol. The van der Waals surface area contributed by atoms with E-state index >= 15 is 0 Å². The Morgan fingerprint density at radius 2 is 1.91 bits per heavy atom. The third-order valence-corrected chi connectivity index (χ3v) is 4.47. The number of benzene rings is 2. The molecule has 3 nitrogen and oxygen atoms in total. The molecular formula is C20H20N2O. The fourth-order valence-electron chi connectivity index (χ4n) is 3.27. The summed E-state index contributed by atoms with van der Waals surface area (Å²) in [6, 6.07) is 17.3. The molecule has 0 saturated carbocycles. The number of fused-ring (bicyclic) bond motifs is 3. The van der Waals surface area contributed by atoms with Crippen LogP contribution in [0, 0.1) is 0 Å². The molecule has 2 aromatic carbocycles. The first-order chi connectivity index (χ1) is 11.4. The van der Waals surface area contributed by atoms with Crippen LogP contribution in [-0.2, 0) is 6.54 Å². The average molecular weight is 304 g/mol. The van der Waals surface area contributed by atoms with Crippen LogP contribution in [0.25, 0.3) is 10.8 Å². The van der Waals surface area contributed by atoms with E-state index in [0.717, 1.165) is 31.7 Å². The van der Waals surface area contributed by atoms with Gasteiger partial charge < -0.3 is 10.1 Å². The molecule has 0 saturated heterocycles. The molecule has 0 radical (unpaired) electrons. The van der Waals surface area contributed by atoms with Crippen LogP contribution in [0.1, 0.15) is 30.0 Å². The van der Waals surface area contributed by atoms with Crippen molar-refractivity contribution >= 4 is 10.8 Å². The zero-order valence-electron chi connectivity index (χ0n) is 13.0. The van der Waals surface area contributed by atoms with Crippen LogP contribution >= 0.6 is 0 Å². The number of pyridine rings is 1. The van der Waals surface area contributed by atoms with Crippen LogP contribution in [0.5, 0.6) is 5.75 Å². The van der Waals surface area contributed by atoms with Gasteiger partial charge in [0.15, 0.2) is 0 Å². The Morgan fingerprint density at radius 1 is 1.04 bits per heavy atom. The first kappa shape index (κ1) is 14.2. The first-order valence-electron chi connectivity index (χ1n) is 8.18. The number of ether oxygens (including phenoxy) is 1. The highest BCUT2D eigenvalue weighted by Crippen LogP contribution is 2.37. The quantitative estimate of drug-likeness (QED) is 0.786. The molecule has 1 unspecified atom stereocenters. The smallest absolute Gasteiger partial charge is 0.131 e. The standard InChI is InChI=1S/C20H20N2O/c1-2-5-17-16(4-1)7-8-18-19(6-3-13-23-20(17)18)22-14-15-9-11-21-12-10-15/h1-2,4-5,7-12,19,22H,3,6,13-14H2. The molecule has 1 aliphatic heterocycles. The zero-order valence-corrected chi connectivity index (χ0v) is 13.0. The number of rotatable bonds is 3. The second-order valence-corrected chi connectivity index (χ2v) is 5.98. The Bertz CT molecular complexity index is 801. The van der Waals surface area contributed by atoms with E-state index in [9.17, 15) is 0 Å². The van der Waals surface area contributed by atoms with Crippen molar-refractivity contribution in [3.63, 3.8) is 0 Å². The number of hydrogen-bond acceptors (Lipinski definition) is 3. The maximum atomic E-state index is 6.09. The Morgan fingerprint density at radius 3 is 2.83 bits per heavy atom. The molecule has 1 N–H and O–H groups in total. The third-order valence-electron chi connectivity index (χ3n) is 4.47. The molecule has 0 spiro atoms. The molecule has 0 bridgehead atoms. The van der Waals surface area contributed by atoms with Crippen molar-refractivity contribution < 1.29 is 4.74 Å². The first-order valence-corrected chi connectivity index (χ1v) is 8.18. The van der Waals surface area contributed by atoms with E-state index in [4.69, 9.17) is 4.74 Å². The van der Waals surface area contributed by atoms with Crippen LogP contribution in [-0.4, -0.2) is 11.6 Å². The van der Waals surface area contributed by atoms with E-state index in [1.54, 1.807) is 0 Å². The highest BCUT2D eigenvalue weighted by Gasteiger charge is 2.21. The van der Waals surface area contributed by atoms with Gasteiger partial charge in [0, 0.05) is 35.9 Å². The Balaban J connectivity index is 1.66. The van der Waals surface area contributed by atoms with Crippen molar-refractivity contribution in [2.24, 2.45) is 0 Å². The second kappa shape index (κ2) is 6.39. The molecule has 23 heavy (non-hydrogen) atoms. The normalized spacial score (nSPS) is 17.3. The van der Waals surface area contributed by atoms with Gasteiger partial charge in [0.25, 0.3) is 0 Å². The van der Waals surface area contributed by atoms with Crippen LogP contribution in [0.15, 0.2) is 60.9 Å². The van der Waals surface area contributed by atoms with Gasteiger partial charge in [0.05, 0.1) is 6.61 Å². The maximum Gasteiger partial charge on any atom is 0.131 e. The van der Waals surface area contributed by atoms with Gasteiger partial charge in [-0.25, -0.2) is 0 Å². The minimum Gasteiger partial charge on any atom is -0.493 e. The molecule has 0 fully saturated rings. The van der Waals surface area contributed by atoms with Crippen molar-refractivity contribution in [3.8, 4) is 5.75 Å². The van der Waals surface area contributed by atoms with Crippen molar-refractivity contribution in [2.75, 3.05) is 6.61 Å². The highest BCUT2D eigenvalue weighted by molar-refractivity contribution is 5.89. The Hall–Kier alpha value is -2.39. The lowest BCUT2D eigenvalue weighted by Crippen LogP contribution is -2.20. The highest BCUT2D eigenvalue weighted by atomic mass is 16.5. The summed E-state index contributed by atoms with van der Waals surface area (Å²) in [5.41, 5.74) is 2.53. The van der Waals surface area contributed by atoms with Crippen LogP contribution in [0.3, 0.4) is 0 Å². The van der Waals surface area contributed by atoms with E-state index < -0.39 is 0 Å². The Kier molecular flexibility index (Phi) is 3.95. The summed E-state index contributed by atoms with van der Waals surface area (Å²) in [5.74, 6) is 1.05. The number of nitrogens with one attached hydrogen (secondary N) is 1. The lowest BCUT2D eigenvalue weighted by atomic mass is 9.98. The van der Waals surface area contributed by atoms with Crippen molar-refractivity contribution in [3.05, 3.63) is 72.1 Å². The maximum absolute atomic E-state index is 6.09. The van der Waals surface area contributed by atoms with Gasteiger partial charge in [0.2, 0.25) is 0 Å². The molecule has 1 aromatic heterocycles. The van der Waals surface area contributed by atoms with E-state index in [1.165, 1.54) is 21.9 Å². The van der Waals surface area contributed by atoms with Gasteiger partial charge in [-0.05, 0) is 35.9 Å². The van der Waals surface area contributed by atoms with Gasteiger partial charge in [0.1, 0.15) is 5.75 Å². The van der Waals surface area contributed by atoms with Gasteiger partial charge in [-0.15, -0.1) is 0 Å². The topological polar surface area (TPSA) is 34.2 Å². The van der Waals surface area contributed by atoms with Crippen molar-refractivity contribution in [1.82, 2.24) is 10.3 Å². The fourth-order valence-corrected chi connectivity index (χ4v) is 3.27. The molecule has 4 rings (SSSR count). The summed E-state index contributed by atoms with van der Waals surface area (Å²) < 4.78 is 6.09. The largest absolute Gasteiger partial charge is 0.493 e. The molecule has 116 valence electrons. The second-order valence-electron chi connectivity index (χ2n) is 5.98. The minimum absolute atomic E-state index is 0.324. The van der Waals surface area contributed by atoms with Crippen molar-refractivity contribution in [1.29, 1.82) is 0 Å². The SMILES string of the molecule is c1ccc2c3c(ccc2c1)C(NCc1ccncc1)CCCO3. The van der Waals surface area contributed by atoms with E-state index in [1.807, 2.05) is 12.4 Å². The van der Waals surface area contributed by atoms with E-state index in [-0.39, 0.29) is 0 Å². The van der Waals surface area contributed by atoms with Gasteiger partial charge >= 0.3 is 0 Å². The fraction of sp³-hybridized carbons (Fsp3) is 0.250. The van der Waals surface area contributed by atoms with Crippen molar-refractivity contribution in [2.45, 2.75) is 25.4 Å². The third kappa shape index (κ3) is 2.92. The minimum atomic E-state index is 0.324. The molecule has 3 heteroatoms. The molecule has 2 heterocycles. The molecular weight excluding hydrogens is 284 g/mol. The van der Waals surface area contributed by atoms with Crippen LogP contribution in [0.2, 0.25) is 0 Å². The summed E-state index contributed by atoms with van der Waals surface area (Å²) in [5, 5.41) is 6.14. The van der Waals surface area contributed by atoms with Gasteiger partial charge in [-0.2, -0.15) is 0 Å². The summed E-state index contributed by atoms with van der Waals surface area (Å²) >= 11 is 0. The zero-order chi connectivity index (χ0) is 15.5. The number of nitrogens with zero attached hydrogens (tertiary/aromatic N) is 1. The van der Waals surface area contributed by atoms with Gasteiger partial charge in [-0.1, -0.05) is 36.4 Å². The van der Waals surface area contributed by atoms with Crippen LogP contribution in [0.4, 0.5) is 0 Å². The summed E-state index contributed by atoms with van der Waals surface area (Å²) in [7, 11) is 0. The number of hydrogen-bond donors (Lipinski definition) is 1. The van der Waals surface area contributed by atoms with Gasteiger partial charge in [-0.3, -0.25) is 4.98 Å². The summed E-state index contributed by atoms with van der Waals surface area (Å²) in [4.78, 5) is 4.08. The molecule has 1 atom stereocenters. The lowest BCUT2D eigenvalue weighted by Gasteiger charge is -2.19. The predicted octanol–water partition coefficient (Wildman–Crippen LogP) is 4.24. The molecule has 3 aromatic rings. The van der Waals surface area contributed by atoms with E-state index in [0.29, 0.717) is 6.04 Å². The molecule has 0 aliphatic carbocycles. The molecule has 0 amide bonds. The monoisotopic (exact) mass is 304 g/mol. The lowest BCUT2D eigenvalue weighted by molar-refractivity contribution is 0.318. The summed E-state index contributed by atoms with van der Waals surface area (Å²) in [6.07, 6.45) is 5.84. The Labute approximate surface area is 136 Å². The summed E-state index contributed by atoms with van der Waals surface area (Å²) in [6.45, 7) is 1.63. The van der Waals surface area contributed by atoms with E-state index in [2.05, 4.69) is 58.8 Å². The molecule has 1 aliphatic rings. The number of aromatic nitrogens is 1. The van der Waals surface area contributed by atoms with Crippen LogP contribution < -0.4 is 10.1 Å².